The summed E-state index contributed by atoms with van der Waals surface area (Å²) in [5.41, 5.74) is 2.07. The summed E-state index contributed by atoms with van der Waals surface area (Å²) in [4.78, 5) is 45.9. The van der Waals surface area contributed by atoms with Gasteiger partial charge in [0.25, 0.3) is 11.7 Å². The van der Waals surface area contributed by atoms with E-state index in [2.05, 4.69) is 9.88 Å². The third-order valence-electron chi connectivity index (χ3n) is 6.94. The van der Waals surface area contributed by atoms with E-state index in [1.54, 1.807) is 39.0 Å². The summed E-state index contributed by atoms with van der Waals surface area (Å²) in [6, 6.07) is 6.38. The highest BCUT2D eigenvalue weighted by Gasteiger charge is 2.46. The van der Waals surface area contributed by atoms with Crippen LogP contribution in [0.2, 0.25) is 0 Å². The Morgan fingerprint density at radius 3 is 2.55 bits per heavy atom. The molecule has 2 aromatic rings. The van der Waals surface area contributed by atoms with Crippen LogP contribution in [0, 0.1) is 13.8 Å². The molecule has 4 rings (SSSR count). The number of esters is 1. The highest BCUT2D eigenvalue weighted by atomic mass is 16.5. The van der Waals surface area contributed by atoms with E-state index in [1.165, 1.54) is 4.90 Å². The summed E-state index contributed by atoms with van der Waals surface area (Å²) in [5, 5.41) is 11.6. The number of aliphatic hydroxyl groups is 1. The van der Waals surface area contributed by atoms with E-state index in [-0.39, 0.29) is 23.6 Å². The number of aryl methyl sites for hydroxylation is 1. The lowest BCUT2D eigenvalue weighted by Gasteiger charge is -2.31. The lowest BCUT2D eigenvalue weighted by Crippen LogP contribution is -2.42. The van der Waals surface area contributed by atoms with Crippen molar-refractivity contribution in [3.05, 3.63) is 57.9 Å². The average molecular weight is 526 g/mol. The number of aromatic nitrogens is 1. The van der Waals surface area contributed by atoms with Crippen molar-refractivity contribution in [1.82, 2.24) is 14.8 Å². The number of hydrogen-bond donors (Lipinski definition) is 2. The third-order valence-corrected chi connectivity index (χ3v) is 6.94. The van der Waals surface area contributed by atoms with Gasteiger partial charge in [0, 0.05) is 37.4 Å². The minimum Gasteiger partial charge on any atom is -0.507 e. The molecular formula is C28H35N3O7. The van der Waals surface area contributed by atoms with Crippen LogP contribution in [0.3, 0.4) is 0 Å². The molecular weight excluding hydrogens is 490 g/mol. The van der Waals surface area contributed by atoms with Gasteiger partial charge in [-0.2, -0.15) is 0 Å². The van der Waals surface area contributed by atoms with Crippen LogP contribution in [0.5, 0.6) is 5.75 Å². The highest BCUT2D eigenvalue weighted by Crippen LogP contribution is 2.41. The zero-order valence-electron chi connectivity index (χ0n) is 22.3. The van der Waals surface area contributed by atoms with Crippen molar-refractivity contribution >= 4 is 23.4 Å². The van der Waals surface area contributed by atoms with Gasteiger partial charge in [0.1, 0.15) is 17.2 Å². The first-order chi connectivity index (χ1) is 18.3. The SMILES string of the molecule is CCOC(=O)c1[nH]c(C)c(/C(O)=C2\C(=O)C(=O)N(CCN3CCOCC3)C2c2cccc(OCC)c2)c1C. The summed E-state index contributed by atoms with van der Waals surface area (Å²) in [5.74, 6) is -1.73. The molecule has 38 heavy (non-hydrogen) atoms. The highest BCUT2D eigenvalue weighted by molar-refractivity contribution is 6.46. The van der Waals surface area contributed by atoms with E-state index >= 15 is 0 Å². The number of rotatable bonds is 9. The van der Waals surface area contributed by atoms with Crippen LogP contribution >= 0.6 is 0 Å². The Morgan fingerprint density at radius 1 is 1.13 bits per heavy atom. The van der Waals surface area contributed by atoms with Crippen LogP contribution in [-0.4, -0.2) is 90.2 Å². The molecule has 0 bridgehead atoms. The number of carbonyl (C=O) groups is 3. The molecule has 204 valence electrons. The Bertz CT molecular complexity index is 1240. The predicted octanol–water partition coefficient (Wildman–Crippen LogP) is 2.96. The van der Waals surface area contributed by atoms with Crippen LogP contribution < -0.4 is 4.74 Å². The van der Waals surface area contributed by atoms with Gasteiger partial charge in [0.05, 0.1) is 38.0 Å². The molecule has 10 nitrogen and oxygen atoms in total. The summed E-state index contributed by atoms with van der Waals surface area (Å²) in [6.45, 7) is 11.2. The number of amides is 1. The summed E-state index contributed by atoms with van der Waals surface area (Å²) < 4.78 is 16.2. The Labute approximate surface area is 222 Å². The second kappa shape index (κ2) is 11.8. The first-order valence-electron chi connectivity index (χ1n) is 13.0. The number of likely N-dealkylation sites (tertiary alicyclic amines) is 1. The van der Waals surface area contributed by atoms with Gasteiger partial charge < -0.3 is 29.2 Å². The molecule has 2 saturated heterocycles. The standard InChI is InChI=1S/C28H35N3O7/c1-5-37-20-9-7-8-19(16-20)24-22(25(32)21-17(3)23(29-18(21)4)28(35)38-6-2)26(33)27(34)31(24)11-10-30-12-14-36-15-13-30/h7-9,16,24,29,32H,5-6,10-15H2,1-4H3/b25-22+. The van der Waals surface area contributed by atoms with Crippen LogP contribution in [0.25, 0.3) is 5.76 Å². The fourth-order valence-corrected chi connectivity index (χ4v) is 5.12. The van der Waals surface area contributed by atoms with E-state index in [4.69, 9.17) is 14.2 Å². The second-order valence-electron chi connectivity index (χ2n) is 9.30. The number of benzene rings is 1. The number of aromatic amines is 1. The fraction of sp³-hybridized carbons (Fsp3) is 0.464. The van der Waals surface area contributed by atoms with Crippen molar-refractivity contribution in [3.63, 3.8) is 0 Å². The van der Waals surface area contributed by atoms with Crippen molar-refractivity contribution < 1.29 is 33.7 Å². The molecule has 1 amide bonds. The van der Waals surface area contributed by atoms with Gasteiger partial charge in [0.2, 0.25) is 0 Å². The molecule has 1 unspecified atom stereocenters. The van der Waals surface area contributed by atoms with Crippen molar-refractivity contribution in [2.24, 2.45) is 0 Å². The number of ketones is 1. The molecule has 2 aliphatic heterocycles. The number of carbonyl (C=O) groups excluding carboxylic acids is 3. The number of H-pyrrole nitrogens is 1. The minimum absolute atomic E-state index is 0.0220. The Balaban J connectivity index is 1.80. The number of Topliss-reactive ketones (excluding diaryl/α,β-unsaturated/α-hetero) is 1. The molecule has 1 aromatic carbocycles. The van der Waals surface area contributed by atoms with Gasteiger partial charge in [0.15, 0.2) is 0 Å². The average Bonchev–Trinajstić information content (AvgIpc) is 3.35. The van der Waals surface area contributed by atoms with Gasteiger partial charge in [-0.05, 0) is 51.0 Å². The van der Waals surface area contributed by atoms with E-state index < -0.39 is 23.7 Å². The van der Waals surface area contributed by atoms with Crippen molar-refractivity contribution in [1.29, 1.82) is 0 Å². The summed E-state index contributed by atoms with van der Waals surface area (Å²) >= 11 is 0. The topological polar surface area (TPSA) is 121 Å². The first kappa shape index (κ1) is 27.4. The zero-order valence-corrected chi connectivity index (χ0v) is 22.3. The molecule has 1 aromatic heterocycles. The predicted molar refractivity (Wildman–Crippen MR) is 140 cm³/mol. The molecule has 2 N–H and O–H groups in total. The quantitative estimate of drug-likeness (QED) is 0.222. The number of nitrogens with one attached hydrogen (secondary N) is 1. The van der Waals surface area contributed by atoms with Gasteiger partial charge >= 0.3 is 5.97 Å². The molecule has 0 saturated carbocycles. The zero-order chi connectivity index (χ0) is 27.4. The van der Waals surface area contributed by atoms with Gasteiger partial charge in [-0.1, -0.05) is 12.1 Å². The lowest BCUT2D eigenvalue weighted by atomic mass is 9.94. The largest absolute Gasteiger partial charge is 0.507 e. The molecule has 0 aliphatic carbocycles. The maximum Gasteiger partial charge on any atom is 0.355 e. The molecule has 3 heterocycles. The number of ether oxygens (including phenoxy) is 3. The van der Waals surface area contributed by atoms with E-state index in [0.717, 1.165) is 13.1 Å². The Hall–Kier alpha value is -3.63. The van der Waals surface area contributed by atoms with E-state index in [1.807, 2.05) is 13.0 Å². The number of aliphatic hydroxyl groups excluding tert-OH is 1. The lowest BCUT2D eigenvalue weighted by molar-refractivity contribution is -0.140. The van der Waals surface area contributed by atoms with Crippen molar-refractivity contribution in [2.45, 2.75) is 33.7 Å². The van der Waals surface area contributed by atoms with Crippen molar-refractivity contribution in [2.75, 3.05) is 52.6 Å². The minimum atomic E-state index is -0.823. The third kappa shape index (κ3) is 5.32. The normalized spacial score (nSPS) is 19.7. The molecule has 2 aliphatic rings. The Morgan fingerprint density at radius 2 is 1.87 bits per heavy atom. The molecule has 0 spiro atoms. The van der Waals surface area contributed by atoms with Gasteiger partial charge in [-0.25, -0.2) is 4.79 Å². The Kier molecular flexibility index (Phi) is 8.53. The molecule has 0 radical (unpaired) electrons. The molecule has 10 heteroatoms. The number of morpholine rings is 1. The van der Waals surface area contributed by atoms with Gasteiger partial charge in [-0.3, -0.25) is 14.5 Å². The summed E-state index contributed by atoms with van der Waals surface area (Å²) in [7, 11) is 0. The maximum atomic E-state index is 13.5. The fourth-order valence-electron chi connectivity index (χ4n) is 5.12. The smallest absolute Gasteiger partial charge is 0.355 e. The summed E-state index contributed by atoms with van der Waals surface area (Å²) in [6.07, 6.45) is 0. The van der Waals surface area contributed by atoms with Crippen LogP contribution in [-0.2, 0) is 19.1 Å². The molecule has 2 fully saturated rings. The second-order valence-corrected chi connectivity index (χ2v) is 9.30. The number of hydrogen-bond acceptors (Lipinski definition) is 8. The molecule has 1 atom stereocenters. The monoisotopic (exact) mass is 525 g/mol. The number of nitrogens with zero attached hydrogens (tertiary/aromatic N) is 2. The maximum absolute atomic E-state index is 13.5. The van der Waals surface area contributed by atoms with Crippen LogP contribution in [0.1, 0.15) is 52.8 Å². The van der Waals surface area contributed by atoms with Crippen LogP contribution in [0.4, 0.5) is 0 Å². The van der Waals surface area contributed by atoms with Crippen LogP contribution in [0.15, 0.2) is 29.8 Å². The van der Waals surface area contributed by atoms with E-state index in [0.29, 0.717) is 61.0 Å². The van der Waals surface area contributed by atoms with Crippen molar-refractivity contribution in [3.8, 4) is 5.75 Å². The van der Waals surface area contributed by atoms with E-state index in [9.17, 15) is 19.5 Å². The first-order valence-corrected chi connectivity index (χ1v) is 13.0. The van der Waals surface area contributed by atoms with Gasteiger partial charge in [-0.15, -0.1) is 0 Å².